The van der Waals surface area contributed by atoms with Crippen molar-refractivity contribution in [1.82, 2.24) is 9.88 Å². The van der Waals surface area contributed by atoms with E-state index in [-0.39, 0.29) is 5.91 Å². The third kappa shape index (κ3) is 3.37. The molecule has 1 N–H and O–H groups in total. The van der Waals surface area contributed by atoms with Crippen LogP contribution in [0.3, 0.4) is 0 Å². The van der Waals surface area contributed by atoms with Crippen molar-refractivity contribution >= 4 is 35.0 Å². The molecular weight excluding hydrogens is 296 g/mol. The Balaban J connectivity index is 2.19. The third-order valence-electron chi connectivity index (χ3n) is 2.38. The number of aromatic nitrogens is 1. The molecule has 104 valence electrons. The smallest absolute Gasteiger partial charge is 0.345 e. The van der Waals surface area contributed by atoms with Crippen molar-refractivity contribution in [2.75, 3.05) is 14.1 Å². The van der Waals surface area contributed by atoms with Crippen molar-refractivity contribution < 1.29 is 14.7 Å². The minimum Gasteiger partial charge on any atom is -0.477 e. The Morgan fingerprint density at radius 3 is 2.65 bits per heavy atom. The Morgan fingerprint density at radius 1 is 1.30 bits per heavy atom. The molecule has 2 rings (SSSR count). The van der Waals surface area contributed by atoms with Crippen molar-refractivity contribution in [2.45, 2.75) is 9.79 Å². The first kappa shape index (κ1) is 14.5. The number of carbonyl (C=O) groups is 2. The number of carboxylic acids is 1. The van der Waals surface area contributed by atoms with E-state index >= 15 is 0 Å². The van der Waals surface area contributed by atoms with Gasteiger partial charge in [0, 0.05) is 35.5 Å². The van der Waals surface area contributed by atoms with E-state index in [1.165, 1.54) is 28.0 Å². The molecule has 0 unspecified atom stereocenters. The maximum Gasteiger partial charge on any atom is 0.345 e. The van der Waals surface area contributed by atoms with Gasteiger partial charge in [-0.25, -0.2) is 4.79 Å². The predicted octanol–water partition coefficient (Wildman–Crippen LogP) is 2.69. The van der Waals surface area contributed by atoms with E-state index < -0.39 is 5.97 Å². The highest BCUT2D eigenvalue weighted by atomic mass is 32.2. The number of carboxylic acid groups (broad SMARTS) is 1. The second-order valence-electron chi connectivity index (χ2n) is 4.13. The fraction of sp³-hybridized carbons (Fsp3) is 0.154. The van der Waals surface area contributed by atoms with Gasteiger partial charge in [0.2, 0.25) is 0 Å². The minimum absolute atomic E-state index is 0.163. The highest BCUT2D eigenvalue weighted by Crippen LogP contribution is 2.31. The van der Waals surface area contributed by atoms with E-state index in [9.17, 15) is 9.59 Å². The van der Waals surface area contributed by atoms with E-state index in [0.29, 0.717) is 10.6 Å². The largest absolute Gasteiger partial charge is 0.477 e. The Labute approximate surface area is 124 Å². The summed E-state index contributed by atoms with van der Waals surface area (Å²) < 4.78 is 0. The van der Waals surface area contributed by atoms with Gasteiger partial charge in [-0.05, 0) is 18.2 Å². The fourth-order valence-electron chi connectivity index (χ4n) is 1.44. The van der Waals surface area contributed by atoms with E-state index in [2.05, 4.69) is 4.98 Å². The molecule has 2 aromatic rings. The molecule has 1 amide bonds. The fourth-order valence-corrected chi connectivity index (χ4v) is 3.21. The van der Waals surface area contributed by atoms with Crippen LogP contribution in [-0.4, -0.2) is 41.0 Å². The monoisotopic (exact) mass is 308 g/mol. The Bertz CT molecular complexity index is 653. The summed E-state index contributed by atoms with van der Waals surface area (Å²) >= 11 is 2.59. The summed E-state index contributed by atoms with van der Waals surface area (Å²) in [5.74, 6) is -1.09. The molecule has 0 spiro atoms. The second kappa shape index (κ2) is 6.06. The summed E-state index contributed by atoms with van der Waals surface area (Å²) in [5, 5.41) is 10.7. The quantitative estimate of drug-likeness (QED) is 0.940. The lowest BCUT2D eigenvalue weighted by atomic mass is 10.3. The molecule has 20 heavy (non-hydrogen) atoms. The van der Waals surface area contributed by atoms with Gasteiger partial charge < -0.3 is 10.0 Å². The summed E-state index contributed by atoms with van der Waals surface area (Å²) in [7, 11) is 3.34. The molecule has 2 heterocycles. The van der Waals surface area contributed by atoms with Crippen molar-refractivity contribution in [2.24, 2.45) is 0 Å². The first-order chi connectivity index (χ1) is 9.47. The van der Waals surface area contributed by atoms with Gasteiger partial charge in [0.05, 0.1) is 0 Å². The Hall–Kier alpha value is -1.86. The number of nitrogens with zero attached hydrogens (tertiary/aromatic N) is 2. The van der Waals surface area contributed by atoms with Gasteiger partial charge in [-0.2, -0.15) is 0 Å². The van der Waals surface area contributed by atoms with Crippen molar-refractivity contribution in [1.29, 1.82) is 0 Å². The number of carbonyl (C=O) groups excluding carboxylic acids is 1. The van der Waals surface area contributed by atoms with Gasteiger partial charge >= 0.3 is 5.97 Å². The lowest BCUT2D eigenvalue weighted by molar-refractivity contribution is 0.0701. The molecule has 0 atom stereocenters. The topological polar surface area (TPSA) is 70.5 Å². The van der Waals surface area contributed by atoms with Crippen LogP contribution < -0.4 is 0 Å². The van der Waals surface area contributed by atoms with Crippen LogP contribution in [0.5, 0.6) is 0 Å². The summed E-state index contributed by atoms with van der Waals surface area (Å²) in [6.45, 7) is 0. The van der Waals surface area contributed by atoms with Crippen LogP contribution in [0.25, 0.3) is 0 Å². The van der Waals surface area contributed by atoms with Gasteiger partial charge in [0.1, 0.15) is 10.6 Å². The van der Waals surface area contributed by atoms with Gasteiger partial charge in [-0.3, -0.25) is 9.78 Å². The van der Waals surface area contributed by atoms with Crippen LogP contribution in [0.1, 0.15) is 20.2 Å². The van der Waals surface area contributed by atoms with Gasteiger partial charge in [0.25, 0.3) is 5.91 Å². The van der Waals surface area contributed by atoms with Crippen LogP contribution >= 0.6 is 23.1 Å². The van der Waals surface area contributed by atoms with Gasteiger partial charge in [-0.15, -0.1) is 11.3 Å². The summed E-state index contributed by atoms with van der Waals surface area (Å²) in [4.78, 5) is 30.1. The normalized spacial score (nSPS) is 10.3. The maximum atomic E-state index is 11.8. The number of aromatic carboxylic acids is 1. The molecule has 0 bridgehead atoms. The molecule has 0 fully saturated rings. The molecule has 0 aliphatic heterocycles. The van der Waals surface area contributed by atoms with E-state index in [4.69, 9.17) is 5.11 Å². The van der Waals surface area contributed by atoms with E-state index in [1.807, 2.05) is 0 Å². The minimum atomic E-state index is -0.931. The number of pyridine rings is 1. The SMILES string of the molecule is CN(C)C(=O)c1cc(Sc2csc(C(=O)O)c2)ccn1. The Morgan fingerprint density at radius 2 is 2.05 bits per heavy atom. The molecule has 0 aliphatic carbocycles. The first-order valence-corrected chi connectivity index (χ1v) is 7.34. The maximum absolute atomic E-state index is 11.8. The number of hydrogen-bond acceptors (Lipinski definition) is 5. The summed E-state index contributed by atoms with van der Waals surface area (Å²) in [6.07, 6.45) is 1.57. The number of amides is 1. The van der Waals surface area contributed by atoms with Crippen LogP contribution in [0.4, 0.5) is 0 Å². The van der Waals surface area contributed by atoms with Gasteiger partial charge in [0.15, 0.2) is 0 Å². The standard InChI is InChI=1S/C13H12N2O3S2/c1-15(2)12(16)10-5-8(3-4-14-10)20-9-6-11(13(17)18)19-7-9/h3-7H,1-2H3,(H,17,18). The van der Waals surface area contributed by atoms with Crippen LogP contribution in [-0.2, 0) is 0 Å². The molecular formula is C13H12N2O3S2. The number of hydrogen-bond donors (Lipinski definition) is 1. The molecule has 7 heteroatoms. The lowest BCUT2D eigenvalue weighted by Crippen LogP contribution is -2.22. The first-order valence-electron chi connectivity index (χ1n) is 5.65. The molecule has 0 aromatic carbocycles. The van der Waals surface area contributed by atoms with Crippen molar-refractivity contribution in [3.63, 3.8) is 0 Å². The zero-order chi connectivity index (χ0) is 14.7. The molecule has 0 radical (unpaired) electrons. The average Bonchev–Trinajstić information content (AvgIpc) is 2.86. The molecule has 0 saturated heterocycles. The van der Waals surface area contributed by atoms with Crippen LogP contribution in [0.15, 0.2) is 39.6 Å². The third-order valence-corrected chi connectivity index (χ3v) is 4.41. The van der Waals surface area contributed by atoms with Crippen LogP contribution in [0.2, 0.25) is 0 Å². The van der Waals surface area contributed by atoms with Crippen molar-refractivity contribution in [3.05, 3.63) is 40.3 Å². The van der Waals surface area contributed by atoms with E-state index in [1.54, 1.807) is 43.9 Å². The summed E-state index contributed by atoms with van der Waals surface area (Å²) in [6, 6.07) is 5.10. The van der Waals surface area contributed by atoms with Gasteiger partial charge in [-0.1, -0.05) is 11.8 Å². The lowest BCUT2D eigenvalue weighted by Gasteiger charge is -2.09. The number of thiophene rings is 1. The highest BCUT2D eigenvalue weighted by molar-refractivity contribution is 7.99. The molecule has 5 nitrogen and oxygen atoms in total. The number of rotatable bonds is 4. The second-order valence-corrected chi connectivity index (χ2v) is 6.19. The molecule has 0 saturated carbocycles. The highest BCUT2D eigenvalue weighted by Gasteiger charge is 2.12. The predicted molar refractivity (Wildman–Crippen MR) is 77.7 cm³/mol. The van der Waals surface area contributed by atoms with Crippen LogP contribution in [0, 0.1) is 0 Å². The molecule has 2 aromatic heterocycles. The van der Waals surface area contributed by atoms with Crippen molar-refractivity contribution in [3.8, 4) is 0 Å². The Kier molecular flexibility index (Phi) is 4.41. The average molecular weight is 308 g/mol. The zero-order valence-electron chi connectivity index (χ0n) is 10.9. The molecule has 0 aliphatic rings. The van der Waals surface area contributed by atoms with E-state index in [0.717, 1.165) is 9.79 Å². The summed E-state index contributed by atoms with van der Waals surface area (Å²) in [5.41, 5.74) is 0.369. The zero-order valence-corrected chi connectivity index (χ0v) is 12.5.